The number of hydrogen-bond donors (Lipinski definition) is 1. The quantitative estimate of drug-likeness (QED) is 0.673. The zero-order chi connectivity index (χ0) is 15.6. The highest BCUT2D eigenvalue weighted by Crippen LogP contribution is 2.26. The zero-order valence-corrected chi connectivity index (χ0v) is 11.6. The smallest absolute Gasteiger partial charge is 0.272 e. The molecule has 0 aliphatic carbocycles. The van der Waals surface area contributed by atoms with Gasteiger partial charge in [0, 0.05) is 28.9 Å². The van der Waals surface area contributed by atoms with Crippen LogP contribution in [0.1, 0.15) is 24.1 Å². The molecular formula is C15H14F2N2O2. The molecule has 0 saturated heterocycles. The van der Waals surface area contributed by atoms with Crippen molar-refractivity contribution in [2.45, 2.75) is 19.9 Å². The van der Waals surface area contributed by atoms with Crippen molar-refractivity contribution in [2.24, 2.45) is 0 Å². The lowest BCUT2D eigenvalue weighted by Crippen LogP contribution is -2.09. The molecule has 0 aromatic heterocycles. The summed E-state index contributed by atoms with van der Waals surface area (Å²) in [6.45, 7) is 3.36. The van der Waals surface area contributed by atoms with E-state index in [1.807, 2.05) is 0 Å². The highest BCUT2D eigenvalue weighted by molar-refractivity contribution is 5.54. The molecule has 0 aliphatic rings. The van der Waals surface area contributed by atoms with Crippen molar-refractivity contribution in [1.82, 2.24) is 0 Å². The Kier molecular flexibility index (Phi) is 4.16. The van der Waals surface area contributed by atoms with Crippen molar-refractivity contribution >= 4 is 11.4 Å². The lowest BCUT2D eigenvalue weighted by molar-refractivity contribution is -0.385. The van der Waals surface area contributed by atoms with Crippen molar-refractivity contribution in [3.05, 3.63) is 69.3 Å². The van der Waals surface area contributed by atoms with Gasteiger partial charge in [0.15, 0.2) is 0 Å². The highest BCUT2D eigenvalue weighted by atomic mass is 19.1. The van der Waals surface area contributed by atoms with Crippen LogP contribution in [-0.2, 0) is 0 Å². The van der Waals surface area contributed by atoms with E-state index in [4.69, 9.17) is 0 Å². The SMILES string of the molecule is Cc1cc(NC(C)c2ccc(F)cc2F)ccc1[N+](=O)[O-]. The molecule has 0 aliphatic heterocycles. The molecule has 0 fully saturated rings. The number of nitrogens with one attached hydrogen (secondary N) is 1. The van der Waals surface area contributed by atoms with Crippen LogP contribution in [0.25, 0.3) is 0 Å². The fourth-order valence-corrected chi connectivity index (χ4v) is 2.13. The molecule has 0 spiro atoms. The maximum absolute atomic E-state index is 13.7. The van der Waals surface area contributed by atoms with Gasteiger partial charge in [0.2, 0.25) is 0 Å². The maximum atomic E-state index is 13.7. The van der Waals surface area contributed by atoms with E-state index in [2.05, 4.69) is 5.32 Å². The molecule has 21 heavy (non-hydrogen) atoms. The molecule has 1 unspecified atom stereocenters. The Labute approximate surface area is 120 Å². The Hall–Kier alpha value is -2.50. The summed E-state index contributed by atoms with van der Waals surface area (Å²) in [6.07, 6.45) is 0. The predicted octanol–water partition coefficient (Wildman–Crippen LogP) is 4.35. The summed E-state index contributed by atoms with van der Waals surface area (Å²) in [6, 6.07) is 7.57. The molecule has 2 aromatic rings. The second-order valence-corrected chi connectivity index (χ2v) is 4.79. The van der Waals surface area contributed by atoms with Gasteiger partial charge in [0.05, 0.1) is 11.0 Å². The molecule has 1 atom stereocenters. The first-order valence-corrected chi connectivity index (χ1v) is 6.35. The van der Waals surface area contributed by atoms with Crippen LogP contribution in [0.15, 0.2) is 36.4 Å². The van der Waals surface area contributed by atoms with Crippen LogP contribution in [0.4, 0.5) is 20.2 Å². The van der Waals surface area contributed by atoms with Gasteiger partial charge in [-0.05, 0) is 32.0 Å². The Bertz CT molecular complexity index is 689. The summed E-state index contributed by atoms with van der Waals surface area (Å²) >= 11 is 0. The fourth-order valence-electron chi connectivity index (χ4n) is 2.13. The molecule has 0 radical (unpaired) electrons. The van der Waals surface area contributed by atoms with Gasteiger partial charge in [-0.25, -0.2) is 8.78 Å². The van der Waals surface area contributed by atoms with E-state index in [-0.39, 0.29) is 5.69 Å². The normalized spacial score (nSPS) is 12.0. The third-order valence-electron chi connectivity index (χ3n) is 3.21. The zero-order valence-electron chi connectivity index (χ0n) is 11.6. The summed E-state index contributed by atoms with van der Waals surface area (Å²) in [5.41, 5.74) is 1.50. The lowest BCUT2D eigenvalue weighted by Gasteiger charge is -2.16. The number of halogens is 2. The Morgan fingerprint density at radius 2 is 1.90 bits per heavy atom. The molecule has 0 heterocycles. The number of benzene rings is 2. The molecule has 0 amide bonds. The standard InChI is InChI=1S/C15H14F2N2O2/c1-9-7-12(4-6-15(9)19(20)21)18-10(2)13-5-3-11(16)8-14(13)17/h3-8,10,18H,1-2H3. The number of nitro benzene ring substituents is 1. The van der Waals surface area contributed by atoms with E-state index >= 15 is 0 Å². The second-order valence-electron chi connectivity index (χ2n) is 4.79. The van der Waals surface area contributed by atoms with E-state index in [1.165, 1.54) is 18.2 Å². The first-order chi connectivity index (χ1) is 9.88. The van der Waals surface area contributed by atoms with Gasteiger partial charge >= 0.3 is 0 Å². The number of nitro groups is 1. The van der Waals surface area contributed by atoms with Crippen LogP contribution in [0.2, 0.25) is 0 Å². The summed E-state index contributed by atoms with van der Waals surface area (Å²) < 4.78 is 26.6. The summed E-state index contributed by atoms with van der Waals surface area (Å²) in [7, 11) is 0. The van der Waals surface area contributed by atoms with Crippen molar-refractivity contribution < 1.29 is 13.7 Å². The van der Waals surface area contributed by atoms with E-state index in [0.717, 1.165) is 6.07 Å². The molecule has 0 bridgehead atoms. The third kappa shape index (κ3) is 3.34. The Balaban J connectivity index is 2.21. The number of rotatable bonds is 4. The Morgan fingerprint density at radius 1 is 1.19 bits per heavy atom. The summed E-state index contributed by atoms with van der Waals surface area (Å²) in [4.78, 5) is 10.3. The minimum atomic E-state index is -0.631. The molecule has 0 saturated carbocycles. The van der Waals surface area contributed by atoms with Gasteiger partial charge in [-0.3, -0.25) is 10.1 Å². The Morgan fingerprint density at radius 3 is 2.48 bits per heavy atom. The first kappa shape index (κ1) is 14.9. The topological polar surface area (TPSA) is 55.2 Å². The molecular weight excluding hydrogens is 278 g/mol. The third-order valence-corrected chi connectivity index (χ3v) is 3.21. The number of aryl methyl sites for hydroxylation is 1. The number of hydrogen-bond acceptors (Lipinski definition) is 3. The fraction of sp³-hybridized carbons (Fsp3) is 0.200. The minimum absolute atomic E-state index is 0.0289. The highest BCUT2D eigenvalue weighted by Gasteiger charge is 2.14. The average Bonchev–Trinajstić information content (AvgIpc) is 2.37. The van der Waals surface area contributed by atoms with Crippen molar-refractivity contribution in [3.63, 3.8) is 0 Å². The van der Waals surface area contributed by atoms with Gasteiger partial charge in [0.25, 0.3) is 5.69 Å². The molecule has 110 valence electrons. The van der Waals surface area contributed by atoms with Gasteiger partial charge in [0.1, 0.15) is 11.6 Å². The van der Waals surface area contributed by atoms with E-state index in [0.29, 0.717) is 16.8 Å². The summed E-state index contributed by atoms with van der Waals surface area (Å²) in [5, 5.41) is 13.8. The van der Waals surface area contributed by atoms with Crippen LogP contribution in [0.5, 0.6) is 0 Å². The van der Waals surface area contributed by atoms with Crippen molar-refractivity contribution in [3.8, 4) is 0 Å². The van der Waals surface area contributed by atoms with E-state index in [1.54, 1.807) is 26.0 Å². The number of anilines is 1. The predicted molar refractivity (Wildman–Crippen MR) is 76.2 cm³/mol. The molecule has 4 nitrogen and oxygen atoms in total. The van der Waals surface area contributed by atoms with Crippen LogP contribution < -0.4 is 5.32 Å². The minimum Gasteiger partial charge on any atom is -0.378 e. The average molecular weight is 292 g/mol. The molecule has 2 aromatic carbocycles. The van der Waals surface area contributed by atoms with Gasteiger partial charge in [-0.2, -0.15) is 0 Å². The second kappa shape index (κ2) is 5.87. The monoisotopic (exact) mass is 292 g/mol. The summed E-state index contributed by atoms with van der Waals surface area (Å²) in [5.74, 6) is -1.26. The van der Waals surface area contributed by atoms with E-state index in [9.17, 15) is 18.9 Å². The van der Waals surface area contributed by atoms with Crippen LogP contribution in [0, 0.1) is 28.7 Å². The van der Waals surface area contributed by atoms with Crippen LogP contribution in [0.3, 0.4) is 0 Å². The van der Waals surface area contributed by atoms with E-state index < -0.39 is 22.6 Å². The first-order valence-electron chi connectivity index (χ1n) is 6.35. The van der Waals surface area contributed by atoms with Gasteiger partial charge in [-0.15, -0.1) is 0 Å². The molecule has 6 heteroatoms. The van der Waals surface area contributed by atoms with Crippen LogP contribution in [-0.4, -0.2) is 4.92 Å². The molecule has 2 rings (SSSR count). The van der Waals surface area contributed by atoms with Crippen LogP contribution >= 0.6 is 0 Å². The van der Waals surface area contributed by atoms with Crippen molar-refractivity contribution in [2.75, 3.05) is 5.32 Å². The van der Waals surface area contributed by atoms with Gasteiger partial charge < -0.3 is 5.32 Å². The maximum Gasteiger partial charge on any atom is 0.272 e. The number of nitrogens with zero attached hydrogens (tertiary/aromatic N) is 1. The van der Waals surface area contributed by atoms with Gasteiger partial charge in [-0.1, -0.05) is 6.07 Å². The van der Waals surface area contributed by atoms with Crippen molar-refractivity contribution in [1.29, 1.82) is 0 Å². The molecule has 1 N–H and O–H groups in total. The lowest BCUT2D eigenvalue weighted by atomic mass is 10.1. The largest absolute Gasteiger partial charge is 0.378 e.